The molecular formula is C13H18N2O5. The Bertz CT molecular complexity index is 502. The second-order valence-corrected chi connectivity index (χ2v) is 4.62. The number of amides is 1. The summed E-state index contributed by atoms with van der Waals surface area (Å²) in [6.07, 6.45) is 0. The highest BCUT2D eigenvalue weighted by atomic mass is 16.6. The van der Waals surface area contributed by atoms with Crippen molar-refractivity contribution in [2.24, 2.45) is 5.92 Å². The largest absolute Gasteiger partial charge is 0.496 e. The molecule has 0 saturated heterocycles. The Morgan fingerprint density at radius 1 is 1.50 bits per heavy atom. The number of hydrogen-bond acceptors (Lipinski definition) is 5. The fourth-order valence-corrected chi connectivity index (χ4v) is 1.73. The molecule has 1 aromatic rings. The first-order valence-electron chi connectivity index (χ1n) is 6.15. The van der Waals surface area contributed by atoms with Crippen LogP contribution in [0.3, 0.4) is 0 Å². The number of ether oxygens (including phenoxy) is 1. The van der Waals surface area contributed by atoms with Crippen molar-refractivity contribution < 1.29 is 19.6 Å². The molecule has 20 heavy (non-hydrogen) atoms. The van der Waals surface area contributed by atoms with E-state index < -0.39 is 16.9 Å². The Balaban J connectivity index is 3.17. The summed E-state index contributed by atoms with van der Waals surface area (Å²) in [5, 5.41) is 22.8. The van der Waals surface area contributed by atoms with Crippen LogP contribution in [0.5, 0.6) is 5.75 Å². The van der Waals surface area contributed by atoms with Gasteiger partial charge in [-0.2, -0.15) is 0 Å². The molecule has 0 heterocycles. The topological polar surface area (TPSA) is 102 Å². The molecule has 0 bridgehead atoms. The van der Waals surface area contributed by atoms with Gasteiger partial charge in [-0.3, -0.25) is 14.9 Å². The number of aliphatic hydroxyl groups excluding tert-OH is 1. The number of carbonyl (C=O) groups excluding carboxylic acids is 1. The molecule has 7 nitrogen and oxygen atoms in total. The molecule has 1 atom stereocenters. The van der Waals surface area contributed by atoms with Crippen LogP contribution in [0.15, 0.2) is 18.2 Å². The zero-order valence-electron chi connectivity index (χ0n) is 11.6. The normalized spacial score (nSPS) is 12.1. The van der Waals surface area contributed by atoms with E-state index in [1.807, 2.05) is 13.8 Å². The van der Waals surface area contributed by atoms with Crippen molar-refractivity contribution in [3.05, 3.63) is 33.9 Å². The SMILES string of the molecule is COc1cccc([N+](=O)[O-])c1C(=O)NC(CO)C(C)C. The van der Waals surface area contributed by atoms with Gasteiger partial charge in [-0.1, -0.05) is 19.9 Å². The van der Waals surface area contributed by atoms with Crippen molar-refractivity contribution in [2.45, 2.75) is 19.9 Å². The van der Waals surface area contributed by atoms with Gasteiger partial charge in [0.05, 0.1) is 24.7 Å². The lowest BCUT2D eigenvalue weighted by atomic mass is 10.0. The summed E-state index contributed by atoms with van der Waals surface area (Å²) in [5.41, 5.74) is -0.471. The molecule has 7 heteroatoms. The summed E-state index contributed by atoms with van der Waals surface area (Å²) >= 11 is 0. The zero-order valence-corrected chi connectivity index (χ0v) is 11.6. The number of rotatable bonds is 6. The maximum atomic E-state index is 12.2. The van der Waals surface area contributed by atoms with Gasteiger partial charge in [0.15, 0.2) is 5.56 Å². The third kappa shape index (κ3) is 3.45. The molecule has 0 aliphatic carbocycles. The van der Waals surface area contributed by atoms with Crippen molar-refractivity contribution in [2.75, 3.05) is 13.7 Å². The molecule has 110 valence electrons. The Morgan fingerprint density at radius 2 is 2.15 bits per heavy atom. The number of nitro benzene ring substituents is 1. The molecular weight excluding hydrogens is 264 g/mol. The van der Waals surface area contributed by atoms with Gasteiger partial charge in [-0.05, 0) is 12.0 Å². The highest BCUT2D eigenvalue weighted by molar-refractivity contribution is 6.01. The molecule has 0 aliphatic heterocycles. The van der Waals surface area contributed by atoms with Gasteiger partial charge in [0.25, 0.3) is 11.6 Å². The van der Waals surface area contributed by atoms with Gasteiger partial charge < -0.3 is 15.2 Å². The molecule has 0 saturated carbocycles. The number of benzene rings is 1. The Labute approximate surface area is 116 Å². The van der Waals surface area contributed by atoms with E-state index in [2.05, 4.69) is 5.32 Å². The average Bonchev–Trinajstić information content (AvgIpc) is 2.42. The lowest BCUT2D eigenvalue weighted by Gasteiger charge is -2.20. The Kier molecular flexibility index (Phi) is 5.45. The number of nitro groups is 1. The third-order valence-corrected chi connectivity index (χ3v) is 2.97. The smallest absolute Gasteiger partial charge is 0.285 e. The molecule has 0 aliphatic rings. The van der Waals surface area contributed by atoms with Gasteiger partial charge in [0, 0.05) is 6.07 Å². The maximum absolute atomic E-state index is 12.2. The summed E-state index contributed by atoms with van der Waals surface area (Å²) in [6.45, 7) is 3.42. The minimum atomic E-state index is -0.638. The molecule has 2 N–H and O–H groups in total. The number of carbonyl (C=O) groups is 1. The van der Waals surface area contributed by atoms with Crippen LogP contribution in [0.25, 0.3) is 0 Å². The highest BCUT2D eigenvalue weighted by Gasteiger charge is 2.27. The van der Waals surface area contributed by atoms with Crippen LogP contribution >= 0.6 is 0 Å². The minimum Gasteiger partial charge on any atom is -0.496 e. The van der Waals surface area contributed by atoms with Gasteiger partial charge in [0.1, 0.15) is 5.75 Å². The van der Waals surface area contributed by atoms with Gasteiger partial charge >= 0.3 is 0 Å². The summed E-state index contributed by atoms with van der Waals surface area (Å²) in [7, 11) is 1.34. The number of hydrogen-bond donors (Lipinski definition) is 2. The zero-order chi connectivity index (χ0) is 15.3. The number of aliphatic hydroxyl groups is 1. The van der Waals surface area contributed by atoms with Crippen LogP contribution in [0.1, 0.15) is 24.2 Å². The third-order valence-electron chi connectivity index (χ3n) is 2.97. The average molecular weight is 282 g/mol. The van der Waals surface area contributed by atoms with E-state index in [0.717, 1.165) is 0 Å². The van der Waals surface area contributed by atoms with Crippen molar-refractivity contribution >= 4 is 11.6 Å². The van der Waals surface area contributed by atoms with Crippen LogP contribution < -0.4 is 10.1 Å². The van der Waals surface area contributed by atoms with E-state index in [4.69, 9.17) is 4.74 Å². The highest BCUT2D eigenvalue weighted by Crippen LogP contribution is 2.28. The summed E-state index contributed by atoms with van der Waals surface area (Å²) in [4.78, 5) is 22.6. The van der Waals surface area contributed by atoms with Crippen LogP contribution in [-0.2, 0) is 0 Å². The maximum Gasteiger partial charge on any atom is 0.285 e. The van der Waals surface area contributed by atoms with Crippen molar-refractivity contribution in [1.29, 1.82) is 0 Å². The fraction of sp³-hybridized carbons (Fsp3) is 0.462. The van der Waals surface area contributed by atoms with E-state index >= 15 is 0 Å². The first-order chi connectivity index (χ1) is 9.42. The van der Waals surface area contributed by atoms with E-state index in [9.17, 15) is 20.0 Å². The minimum absolute atomic E-state index is 0.00212. The second kappa shape index (κ2) is 6.85. The van der Waals surface area contributed by atoms with Gasteiger partial charge in [-0.25, -0.2) is 0 Å². The van der Waals surface area contributed by atoms with Crippen molar-refractivity contribution in [3.8, 4) is 5.75 Å². The number of nitrogens with one attached hydrogen (secondary N) is 1. The molecule has 0 fully saturated rings. The van der Waals surface area contributed by atoms with Crippen LogP contribution in [0, 0.1) is 16.0 Å². The van der Waals surface area contributed by atoms with Crippen LogP contribution in [0.4, 0.5) is 5.69 Å². The van der Waals surface area contributed by atoms with E-state index in [1.165, 1.54) is 25.3 Å². The first-order valence-corrected chi connectivity index (χ1v) is 6.15. The molecule has 1 rings (SSSR count). The van der Waals surface area contributed by atoms with E-state index in [0.29, 0.717) is 0 Å². The summed E-state index contributed by atoms with van der Waals surface area (Å²) in [5.74, 6) is -0.517. The molecule has 1 amide bonds. The fourth-order valence-electron chi connectivity index (χ4n) is 1.73. The lowest BCUT2D eigenvalue weighted by Crippen LogP contribution is -2.41. The van der Waals surface area contributed by atoms with E-state index in [-0.39, 0.29) is 29.5 Å². The standard InChI is InChI=1S/C13H18N2O5/c1-8(2)9(7-16)14-13(17)12-10(15(18)19)5-4-6-11(12)20-3/h4-6,8-9,16H,7H2,1-3H3,(H,14,17). The molecule has 0 spiro atoms. The lowest BCUT2D eigenvalue weighted by molar-refractivity contribution is -0.385. The predicted molar refractivity (Wildman–Crippen MR) is 72.8 cm³/mol. The van der Waals surface area contributed by atoms with Gasteiger partial charge in [0.2, 0.25) is 0 Å². The van der Waals surface area contributed by atoms with Crippen molar-refractivity contribution in [1.82, 2.24) is 5.32 Å². The van der Waals surface area contributed by atoms with Gasteiger partial charge in [-0.15, -0.1) is 0 Å². The van der Waals surface area contributed by atoms with Crippen molar-refractivity contribution in [3.63, 3.8) is 0 Å². The second-order valence-electron chi connectivity index (χ2n) is 4.62. The molecule has 1 unspecified atom stereocenters. The summed E-state index contributed by atoms with van der Waals surface area (Å²) < 4.78 is 5.01. The first kappa shape index (κ1) is 15.9. The number of methoxy groups -OCH3 is 1. The molecule has 0 aromatic heterocycles. The molecule has 0 radical (unpaired) electrons. The van der Waals surface area contributed by atoms with E-state index in [1.54, 1.807) is 0 Å². The quantitative estimate of drug-likeness (QED) is 0.605. The Morgan fingerprint density at radius 3 is 2.60 bits per heavy atom. The van der Waals surface area contributed by atoms with Crippen LogP contribution in [0.2, 0.25) is 0 Å². The monoisotopic (exact) mass is 282 g/mol. The molecule has 1 aromatic carbocycles. The number of nitrogens with zero attached hydrogens (tertiary/aromatic N) is 1. The van der Waals surface area contributed by atoms with Crippen LogP contribution in [-0.4, -0.2) is 35.7 Å². The predicted octanol–water partition coefficient (Wildman–Crippen LogP) is 1.35. The Hall–Kier alpha value is -2.15. The summed E-state index contributed by atoms with van der Waals surface area (Å²) in [6, 6.07) is 3.68.